The summed E-state index contributed by atoms with van der Waals surface area (Å²) in [7, 11) is 0. The average Bonchev–Trinajstić information content (AvgIpc) is 2.96. The van der Waals surface area contributed by atoms with Gasteiger partial charge >= 0.3 is 0 Å². The topological polar surface area (TPSA) is 92.0 Å². The summed E-state index contributed by atoms with van der Waals surface area (Å²) in [6, 6.07) is 0. The van der Waals surface area contributed by atoms with Gasteiger partial charge in [-0.25, -0.2) is 4.98 Å². The second-order valence-electron chi connectivity index (χ2n) is 4.65. The Hall–Kier alpha value is -1.73. The van der Waals surface area contributed by atoms with Crippen LogP contribution in [0, 0.1) is 0 Å². The smallest absolute Gasteiger partial charge is 0.278 e. The summed E-state index contributed by atoms with van der Waals surface area (Å²) < 4.78 is 12.7. The first kappa shape index (κ1) is 13.7. The Balaban J connectivity index is 2.20. The van der Waals surface area contributed by atoms with Gasteiger partial charge in [0.25, 0.3) is 5.89 Å². The summed E-state index contributed by atoms with van der Waals surface area (Å²) in [4.78, 5) is 8.55. The van der Waals surface area contributed by atoms with Crippen molar-refractivity contribution < 1.29 is 9.26 Å². The molecule has 2 heterocycles. The van der Waals surface area contributed by atoms with E-state index in [1.165, 1.54) is 0 Å². The van der Waals surface area contributed by atoms with Crippen LogP contribution in [-0.4, -0.2) is 32.8 Å². The van der Waals surface area contributed by atoms with Crippen LogP contribution >= 0.6 is 0 Å². The molecule has 2 aromatic rings. The largest absolute Gasteiger partial charge is 0.368 e. The van der Waals surface area contributed by atoms with Crippen molar-refractivity contribution in [1.82, 2.24) is 19.7 Å². The Morgan fingerprint density at radius 3 is 2.95 bits per heavy atom. The van der Waals surface area contributed by atoms with Gasteiger partial charge in [0, 0.05) is 25.9 Å². The molecule has 0 saturated heterocycles. The van der Waals surface area contributed by atoms with E-state index < -0.39 is 5.60 Å². The molecule has 0 aliphatic heterocycles. The van der Waals surface area contributed by atoms with E-state index in [-0.39, 0.29) is 0 Å². The Morgan fingerprint density at radius 1 is 1.47 bits per heavy atom. The zero-order valence-corrected chi connectivity index (χ0v) is 11.5. The Morgan fingerprint density at radius 2 is 2.26 bits per heavy atom. The third-order valence-electron chi connectivity index (χ3n) is 2.71. The van der Waals surface area contributed by atoms with Crippen molar-refractivity contribution in [2.45, 2.75) is 32.9 Å². The number of nitrogens with zero attached hydrogens (tertiary/aromatic N) is 4. The summed E-state index contributed by atoms with van der Waals surface area (Å²) in [6.45, 7) is 7.58. The van der Waals surface area contributed by atoms with Crippen LogP contribution in [0.1, 0.15) is 26.6 Å². The maximum absolute atomic E-state index is 5.58. The van der Waals surface area contributed by atoms with Crippen LogP contribution in [0.2, 0.25) is 0 Å². The lowest BCUT2D eigenvalue weighted by Gasteiger charge is -2.19. The number of imidazole rings is 1. The number of hydrogen-bond donors (Lipinski definition) is 1. The molecular formula is C12H19N5O2. The first-order valence-corrected chi connectivity index (χ1v) is 6.27. The normalized spacial score (nSPS) is 12.0. The molecular weight excluding hydrogens is 246 g/mol. The molecule has 2 aromatic heterocycles. The Bertz CT molecular complexity index is 532. The average molecular weight is 265 g/mol. The van der Waals surface area contributed by atoms with E-state index in [0.717, 1.165) is 0 Å². The van der Waals surface area contributed by atoms with Crippen LogP contribution in [0.5, 0.6) is 0 Å². The van der Waals surface area contributed by atoms with Gasteiger partial charge in [0.2, 0.25) is 5.82 Å². The minimum Gasteiger partial charge on any atom is -0.368 e. The fourth-order valence-corrected chi connectivity index (χ4v) is 1.74. The van der Waals surface area contributed by atoms with E-state index in [0.29, 0.717) is 37.1 Å². The number of ether oxygens (including phenoxy) is 1. The highest BCUT2D eigenvalue weighted by Gasteiger charge is 2.27. The molecule has 7 heteroatoms. The molecule has 0 bridgehead atoms. The zero-order chi connectivity index (χ0) is 13.9. The first-order valence-electron chi connectivity index (χ1n) is 6.27. The van der Waals surface area contributed by atoms with Crippen molar-refractivity contribution in [1.29, 1.82) is 0 Å². The van der Waals surface area contributed by atoms with Crippen LogP contribution in [0.4, 0.5) is 0 Å². The maximum atomic E-state index is 5.58. The molecule has 0 radical (unpaired) electrons. The molecule has 0 aliphatic rings. The van der Waals surface area contributed by atoms with Gasteiger partial charge in [-0.3, -0.25) is 0 Å². The predicted molar refractivity (Wildman–Crippen MR) is 69.2 cm³/mol. The molecule has 2 rings (SSSR count). The summed E-state index contributed by atoms with van der Waals surface area (Å²) in [5.74, 6) is 0.899. The van der Waals surface area contributed by atoms with E-state index in [4.69, 9.17) is 15.0 Å². The molecule has 0 amide bonds. The molecule has 7 nitrogen and oxygen atoms in total. The van der Waals surface area contributed by atoms with Crippen LogP contribution < -0.4 is 5.73 Å². The SMILES string of the molecule is CCOC(C)(C)c1noc(-c2cn(CCN)cn2)n1. The zero-order valence-electron chi connectivity index (χ0n) is 11.5. The van der Waals surface area contributed by atoms with Crippen LogP contribution in [0.25, 0.3) is 11.6 Å². The second kappa shape index (κ2) is 5.50. The highest BCUT2D eigenvalue weighted by atomic mass is 16.5. The number of nitrogens with two attached hydrogens (primary N) is 1. The van der Waals surface area contributed by atoms with Crippen LogP contribution in [-0.2, 0) is 16.9 Å². The van der Waals surface area contributed by atoms with Crippen LogP contribution in [0.3, 0.4) is 0 Å². The quantitative estimate of drug-likeness (QED) is 0.842. The van der Waals surface area contributed by atoms with Crippen molar-refractivity contribution in [3.05, 3.63) is 18.3 Å². The molecule has 0 unspecified atom stereocenters. The van der Waals surface area contributed by atoms with Gasteiger partial charge in [-0.15, -0.1) is 0 Å². The lowest BCUT2D eigenvalue weighted by Crippen LogP contribution is -2.23. The summed E-state index contributed by atoms with van der Waals surface area (Å²) >= 11 is 0. The van der Waals surface area contributed by atoms with Crippen molar-refractivity contribution in [3.63, 3.8) is 0 Å². The van der Waals surface area contributed by atoms with Gasteiger partial charge in [-0.1, -0.05) is 5.16 Å². The van der Waals surface area contributed by atoms with E-state index >= 15 is 0 Å². The van der Waals surface area contributed by atoms with E-state index in [2.05, 4.69) is 15.1 Å². The van der Waals surface area contributed by atoms with Gasteiger partial charge in [-0.05, 0) is 20.8 Å². The van der Waals surface area contributed by atoms with Gasteiger partial charge in [0.1, 0.15) is 11.3 Å². The molecule has 0 atom stereocenters. The summed E-state index contributed by atoms with van der Waals surface area (Å²) in [6.07, 6.45) is 3.53. The standard InChI is InChI=1S/C12H19N5O2/c1-4-18-12(2,3)11-15-10(19-16-11)9-7-17(6-5-13)8-14-9/h7-8H,4-6,13H2,1-3H3. The highest BCUT2D eigenvalue weighted by Crippen LogP contribution is 2.24. The minimum absolute atomic E-state index is 0.388. The lowest BCUT2D eigenvalue weighted by atomic mass is 10.1. The molecule has 0 aromatic carbocycles. The van der Waals surface area contributed by atoms with E-state index in [9.17, 15) is 0 Å². The fourth-order valence-electron chi connectivity index (χ4n) is 1.74. The summed E-state index contributed by atoms with van der Waals surface area (Å²) in [5.41, 5.74) is 5.55. The maximum Gasteiger partial charge on any atom is 0.278 e. The molecule has 2 N–H and O–H groups in total. The van der Waals surface area contributed by atoms with Crippen molar-refractivity contribution >= 4 is 0 Å². The molecule has 0 saturated carbocycles. The van der Waals surface area contributed by atoms with Gasteiger partial charge < -0.3 is 19.6 Å². The van der Waals surface area contributed by atoms with E-state index in [1.807, 2.05) is 31.5 Å². The third kappa shape index (κ3) is 2.99. The first-order chi connectivity index (χ1) is 9.06. The van der Waals surface area contributed by atoms with Crippen molar-refractivity contribution in [2.24, 2.45) is 5.73 Å². The third-order valence-corrected chi connectivity index (χ3v) is 2.71. The number of aromatic nitrogens is 4. The fraction of sp³-hybridized carbons (Fsp3) is 0.583. The van der Waals surface area contributed by atoms with Gasteiger partial charge in [0.15, 0.2) is 0 Å². The molecule has 0 aliphatic carbocycles. The van der Waals surface area contributed by atoms with Crippen molar-refractivity contribution in [2.75, 3.05) is 13.2 Å². The molecule has 104 valence electrons. The Kier molecular flexibility index (Phi) is 3.96. The van der Waals surface area contributed by atoms with E-state index in [1.54, 1.807) is 6.33 Å². The van der Waals surface area contributed by atoms with Gasteiger partial charge in [-0.2, -0.15) is 4.98 Å². The molecule has 0 spiro atoms. The lowest BCUT2D eigenvalue weighted by molar-refractivity contribution is -0.0221. The van der Waals surface area contributed by atoms with Gasteiger partial charge in [0.05, 0.1) is 6.33 Å². The molecule has 0 fully saturated rings. The monoisotopic (exact) mass is 265 g/mol. The molecule has 19 heavy (non-hydrogen) atoms. The second-order valence-corrected chi connectivity index (χ2v) is 4.65. The van der Waals surface area contributed by atoms with Crippen molar-refractivity contribution in [3.8, 4) is 11.6 Å². The number of rotatable bonds is 6. The highest BCUT2D eigenvalue weighted by molar-refractivity contribution is 5.44. The minimum atomic E-state index is -0.573. The predicted octanol–water partition coefficient (Wildman–Crippen LogP) is 1.16. The summed E-state index contributed by atoms with van der Waals surface area (Å²) in [5, 5.41) is 3.95. The Labute approximate surface area is 111 Å². The van der Waals surface area contributed by atoms with Crippen LogP contribution in [0.15, 0.2) is 17.0 Å². The number of hydrogen-bond acceptors (Lipinski definition) is 6.